The Morgan fingerprint density at radius 1 is 1.11 bits per heavy atom. The molecule has 0 radical (unpaired) electrons. The van der Waals surface area contributed by atoms with Gasteiger partial charge < -0.3 is 4.28 Å². The van der Waals surface area contributed by atoms with Gasteiger partial charge in [0.25, 0.3) is 11.1 Å². The fourth-order valence-electron chi connectivity index (χ4n) is 1.52. The second-order valence-electron chi connectivity index (χ2n) is 5.13. The molecular formula is C14H17NO2S. The van der Waals surface area contributed by atoms with Crippen LogP contribution in [0.3, 0.4) is 0 Å². The summed E-state index contributed by atoms with van der Waals surface area (Å²) in [4.78, 5) is 0.656. The van der Waals surface area contributed by atoms with Gasteiger partial charge in [-0.05, 0) is 29.2 Å². The fraction of sp³-hybridized carbons (Fsp3) is 0.286. The summed E-state index contributed by atoms with van der Waals surface area (Å²) in [6.07, 6.45) is 3.64. The van der Waals surface area contributed by atoms with Gasteiger partial charge in [0.15, 0.2) is 0 Å². The molecule has 0 N–H and O–H groups in total. The predicted octanol–water partition coefficient (Wildman–Crippen LogP) is 2.94. The highest BCUT2D eigenvalue weighted by molar-refractivity contribution is 7.80. The lowest BCUT2D eigenvalue weighted by molar-refractivity contribution is 0.302. The Hall–Kier alpha value is -1.55. The first-order valence-corrected chi connectivity index (χ1v) is 6.88. The van der Waals surface area contributed by atoms with E-state index in [9.17, 15) is 4.21 Å². The summed E-state index contributed by atoms with van der Waals surface area (Å²) in [5.74, 6) is 0. The minimum atomic E-state index is -1.48. The number of benzene rings is 1. The molecule has 1 aromatic carbocycles. The number of nitrogens with zero attached hydrogens (tertiary/aromatic N) is 1. The van der Waals surface area contributed by atoms with Crippen molar-refractivity contribution in [2.45, 2.75) is 31.1 Å². The standard InChI is InChI=1S/C14H17NO2S/c1-14(2,3)12-9-10-15(11-12)17-18(16)13-7-5-4-6-8-13/h4-11H,1-3H3. The fourth-order valence-corrected chi connectivity index (χ4v) is 2.23. The van der Waals surface area contributed by atoms with E-state index in [1.54, 1.807) is 18.3 Å². The van der Waals surface area contributed by atoms with Gasteiger partial charge in [-0.1, -0.05) is 39.0 Å². The first kappa shape index (κ1) is 12.9. The van der Waals surface area contributed by atoms with Crippen molar-refractivity contribution in [3.8, 4) is 0 Å². The lowest BCUT2D eigenvalue weighted by Gasteiger charge is -2.15. The molecular weight excluding hydrogens is 246 g/mol. The third-order valence-electron chi connectivity index (χ3n) is 2.62. The van der Waals surface area contributed by atoms with Gasteiger partial charge in [0.05, 0.1) is 4.90 Å². The van der Waals surface area contributed by atoms with E-state index in [1.165, 1.54) is 4.73 Å². The minimum Gasteiger partial charge on any atom is -0.306 e. The van der Waals surface area contributed by atoms with E-state index in [4.69, 9.17) is 4.28 Å². The summed E-state index contributed by atoms with van der Waals surface area (Å²) < 4.78 is 18.8. The summed E-state index contributed by atoms with van der Waals surface area (Å²) >= 11 is -1.48. The van der Waals surface area contributed by atoms with Crippen LogP contribution in [0, 0.1) is 0 Å². The van der Waals surface area contributed by atoms with Crippen molar-refractivity contribution >= 4 is 11.1 Å². The Balaban J connectivity index is 2.11. The van der Waals surface area contributed by atoms with E-state index in [0.29, 0.717) is 4.90 Å². The molecule has 0 fully saturated rings. The third-order valence-corrected chi connectivity index (χ3v) is 3.59. The van der Waals surface area contributed by atoms with E-state index in [-0.39, 0.29) is 5.41 Å². The lowest BCUT2D eigenvalue weighted by atomic mass is 9.89. The highest BCUT2D eigenvalue weighted by Crippen LogP contribution is 2.21. The maximum absolute atomic E-state index is 11.9. The Labute approximate surface area is 110 Å². The van der Waals surface area contributed by atoms with Gasteiger partial charge in [-0.2, -0.15) is 4.73 Å². The van der Waals surface area contributed by atoms with E-state index in [1.807, 2.05) is 30.5 Å². The first-order chi connectivity index (χ1) is 8.47. The highest BCUT2D eigenvalue weighted by Gasteiger charge is 2.15. The minimum absolute atomic E-state index is 0.0584. The molecule has 0 aliphatic carbocycles. The van der Waals surface area contributed by atoms with Crippen LogP contribution in [0.1, 0.15) is 26.3 Å². The molecule has 3 nitrogen and oxygen atoms in total. The van der Waals surface area contributed by atoms with Crippen molar-refractivity contribution in [3.05, 3.63) is 54.4 Å². The van der Waals surface area contributed by atoms with Gasteiger partial charge in [-0.3, -0.25) is 0 Å². The number of rotatable bonds is 3. The normalized spacial score (nSPS) is 13.3. The number of aromatic nitrogens is 1. The van der Waals surface area contributed by atoms with Crippen LogP contribution in [0.4, 0.5) is 0 Å². The van der Waals surface area contributed by atoms with Crippen molar-refractivity contribution < 1.29 is 8.49 Å². The van der Waals surface area contributed by atoms with E-state index < -0.39 is 11.1 Å². The molecule has 0 aliphatic rings. The average molecular weight is 263 g/mol. The van der Waals surface area contributed by atoms with Gasteiger partial charge in [-0.15, -0.1) is 0 Å². The quantitative estimate of drug-likeness (QED) is 0.852. The topological polar surface area (TPSA) is 31.2 Å². The molecule has 0 bridgehead atoms. The SMILES string of the molecule is CC(C)(C)c1ccn(OS(=O)c2ccccc2)c1. The summed E-state index contributed by atoms with van der Waals surface area (Å²) in [5.41, 5.74) is 1.20. The molecule has 1 unspecified atom stereocenters. The zero-order chi connectivity index (χ0) is 13.2. The van der Waals surface area contributed by atoms with Crippen LogP contribution in [0.15, 0.2) is 53.7 Å². The van der Waals surface area contributed by atoms with E-state index in [2.05, 4.69) is 20.8 Å². The van der Waals surface area contributed by atoms with Crippen LogP contribution in [-0.4, -0.2) is 8.94 Å². The molecule has 2 rings (SSSR count). The van der Waals surface area contributed by atoms with Crippen molar-refractivity contribution in [1.29, 1.82) is 0 Å². The molecule has 4 heteroatoms. The van der Waals surface area contributed by atoms with Crippen LogP contribution in [0.25, 0.3) is 0 Å². The molecule has 96 valence electrons. The monoisotopic (exact) mass is 263 g/mol. The highest BCUT2D eigenvalue weighted by atomic mass is 32.2. The van der Waals surface area contributed by atoms with Crippen molar-refractivity contribution in [2.75, 3.05) is 0 Å². The summed E-state index contributed by atoms with van der Waals surface area (Å²) in [6, 6.07) is 11.1. The van der Waals surface area contributed by atoms with Gasteiger partial charge in [-0.25, -0.2) is 4.21 Å². The lowest BCUT2D eigenvalue weighted by Crippen LogP contribution is -2.14. The Kier molecular flexibility index (Phi) is 3.57. The van der Waals surface area contributed by atoms with Gasteiger partial charge in [0.2, 0.25) is 0 Å². The third kappa shape index (κ3) is 3.01. The molecule has 18 heavy (non-hydrogen) atoms. The van der Waals surface area contributed by atoms with Gasteiger partial charge in [0, 0.05) is 12.4 Å². The second-order valence-corrected chi connectivity index (χ2v) is 6.22. The van der Waals surface area contributed by atoms with E-state index >= 15 is 0 Å². The average Bonchev–Trinajstić information content (AvgIpc) is 2.78. The van der Waals surface area contributed by atoms with Crippen LogP contribution in [-0.2, 0) is 16.5 Å². The van der Waals surface area contributed by atoms with Crippen LogP contribution in [0.2, 0.25) is 0 Å². The van der Waals surface area contributed by atoms with Gasteiger partial charge >= 0.3 is 0 Å². The van der Waals surface area contributed by atoms with Crippen LogP contribution >= 0.6 is 0 Å². The van der Waals surface area contributed by atoms with Crippen molar-refractivity contribution in [2.24, 2.45) is 0 Å². The number of hydrogen-bond acceptors (Lipinski definition) is 2. The Bertz CT molecular complexity index is 540. The number of hydrogen-bond donors (Lipinski definition) is 0. The molecule has 2 aromatic rings. The zero-order valence-corrected chi connectivity index (χ0v) is 11.6. The second kappa shape index (κ2) is 4.98. The molecule has 0 spiro atoms. The largest absolute Gasteiger partial charge is 0.306 e. The predicted molar refractivity (Wildman–Crippen MR) is 72.6 cm³/mol. The Morgan fingerprint density at radius 2 is 1.78 bits per heavy atom. The molecule has 0 aliphatic heterocycles. The zero-order valence-electron chi connectivity index (χ0n) is 10.8. The van der Waals surface area contributed by atoms with Crippen LogP contribution in [0.5, 0.6) is 0 Å². The van der Waals surface area contributed by atoms with Crippen molar-refractivity contribution in [1.82, 2.24) is 4.73 Å². The van der Waals surface area contributed by atoms with Crippen molar-refractivity contribution in [3.63, 3.8) is 0 Å². The summed E-state index contributed by atoms with van der Waals surface area (Å²) in [6.45, 7) is 6.38. The molecule has 1 atom stereocenters. The van der Waals surface area contributed by atoms with Crippen LogP contribution < -0.4 is 4.28 Å². The maximum atomic E-state index is 11.9. The van der Waals surface area contributed by atoms with E-state index in [0.717, 1.165) is 5.56 Å². The molecule has 0 saturated carbocycles. The molecule has 1 heterocycles. The molecule has 1 aromatic heterocycles. The molecule has 0 saturated heterocycles. The first-order valence-electron chi connectivity index (χ1n) is 5.81. The van der Waals surface area contributed by atoms with Gasteiger partial charge in [0.1, 0.15) is 0 Å². The maximum Gasteiger partial charge on any atom is 0.263 e. The summed E-state index contributed by atoms with van der Waals surface area (Å²) in [5, 5.41) is 0. The smallest absolute Gasteiger partial charge is 0.263 e. The summed E-state index contributed by atoms with van der Waals surface area (Å²) in [7, 11) is 0. The Morgan fingerprint density at radius 3 is 2.33 bits per heavy atom. The molecule has 0 amide bonds.